The summed E-state index contributed by atoms with van der Waals surface area (Å²) in [6.45, 7) is 4.57. The molecule has 0 spiro atoms. The van der Waals surface area contributed by atoms with Gasteiger partial charge >= 0.3 is 0 Å². The quantitative estimate of drug-likeness (QED) is 0.476. The fourth-order valence-electron chi connectivity index (χ4n) is 4.30. The van der Waals surface area contributed by atoms with Crippen LogP contribution in [0.15, 0.2) is 47.4 Å². The molecule has 2 heterocycles. The molecule has 1 aliphatic heterocycles. The van der Waals surface area contributed by atoms with Crippen LogP contribution in [0.3, 0.4) is 0 Å². The number of nitrogens with two attached hydrogens (primary N) is 1. The molecular formula is C25H28ClFN4O3. The molecule has 1 aromatic heterocycles. The van der Waals surface area contributed by atoms with E-state index in [4.69, 9.17) is 22.1 Å². The first-order valence-electron chi connectivity index (χ1n) is 11.3. The Morgan fingerprint density at radius 1 is 1.32 bits per heavy atom. The summed E-state index contributed by atoms with van der Waals surface area (Å²) in [5.41, 5.74) is 6.92. The summed E-state index contributed by atoms with van der Waals surface area (Å²) in [6, 6.07) is 9.58. The highest BCUT2D eigenvalue weighted by Gasteiger charge is 2.23. The number of aryl methyl sites for hydroxylation is 1. The van der Waals surface area contributed by atoms with E-state index in [9.17, 15) is 14.0 Å². The van der Waals surface area contributed by atoms with Gasteiger partial charge in [0.15, 0.2) is 0 Å². The number of amides is 1. The predicted octanol–water partition coefficient (Wildman–Crippen LogP) is 3.23. The van der Waals surface area contributed by atoms with E-state index in [-0.39, 0.29) is 35.0 Å². The van der Waals surface area contributed by atoms with Crippen molar-refractivity contribution in [3.05, 3.63) is 74.9 Å². The predicted molar refractivity (Wildman–Crippen MR) is 131 cm³/mol. The molecule has 4 rings (SSSR count). The van der Waals surface area contributed by atoms with Gasteiger partial charge in [0.05, 0.1) is 10.9 Å². The molecule has 1 saturated heterocycles. The molecule has 0 saturated carbocycles. The molecule has 0 unspecified atom stereocenters. The average molecular weight is 487 g/mol. The summed E-state index contributed by atoms with van der Waals surface area (Å²) in [4.78, 5) is 29.3. The van der Waals surface area contributed by atoms with Crippen molar-refractivity contribution in [1.29, 1.82) is 0 Å². The highest BCUT2D eigenvalue weighted by Crippen LogP contribution is 2.25. The van der Waals surface area contributed by atoms with Crippen LogP contribution in [-0.2, 0) is 0 Å². The lowest BCUT2D eigenvalue weighted by Crippen LogP contribution is -2.48. The number of rotatable bonds is 7. The SMILES string of the molecule is Cc1cc(Cl)ccc1OC1CCN(C[C@H](N)CNC(=O)c2c[nH]c(=O)c3c(F)cccc23)CC1. The number of hydrogen-bond donors (Lipinski definition) is 3. The van der Waals surface area contributed by atoms with Crippen LogP contribution in [0.5, 0.6) is 5.75 Å². The van der Waals surface area contributed by atoms with Crippen LogP contribution in [0.1, 0.15) is 28.8 Å². The number of hydrogen-bond acceptors (Lipinski definition) is 5. The summed E-state index contributed by atoms with van der Waals surface area (Å²) in [6.07, 6.45) is 3.21. The van der Waals surface area contributed by atoms with Gasteiger partial charge in [-0.3, -0.25) is 9.59 Å². The van der Waals surface area contributed by atoms with Crippen LogP contribution in [0.25, 0.3) is 10.8 Å². The van der Waals surface area contributed by atoms with Crippen molar-refractivity contribution in [1.82, 2.24) is 15.2 Å². The van der Waals surface area contributed by atoms with Crippen LogP contribution < -0.4 is 21.3 Å². The third kappa shape index (κ3) is 5.58. The molecule has 9 heteroatoms. The Labute approximate surface area is 202 Å². The summed E-state index contributed by atoms with van der Waals surface area (Å²) < 4.78 is 20.2. The third-order valence-corrected chi connectivity index (χ3v) is 6.34. The lowest BCUT2D eigenvalue weighted by Gasteiger charge is -2.33. The van der Waals surface area contributed by atoms with Gasteiger partial charge in [0, 0.05) is 48.8 Å². The minimum absolute atomic E-state index is 0.127. The minimum Gasteiger partial charge on any atom is -0.490 e. The molecule has 34 heavy (non-hydrogen) atoms. The molecule has 1 atom stereocenters. The highest BCUT2D eigenvalue weighted by atomic mass is 35.5. The number of carbonyl (C=O) groups excluding carboxylic acids is 1. The zero-order valence-corrected chi connectivity index (χ0v) is 19.7. The number of likely N-dealkylation sites (tertiary alicyclic amines) is 1. The van der Waals surface area contributed by atoms with Crippen molar-refractivity contribution < 1.29 is 13.9 Å². The molecule has 3 aromatic rings. The van der Waals surface area contributed by atoms with Crippen molar-refractivity contribution in [3.63, 3.8) is 0 Å². The van der Waals surface area contributed by atoms with Gasteiger partial charge < -0.3 is 25.7 Å². The molecule has 0 radical (unpaired) electrons. The van der Waals surface area contributed by atoms with Crippen LogP contribution in [0.2, 0.25) is 5.02 Å². The van der Waals surface area contributed by atoms with Crippen LogP contribution in [0.4, 0.5) is 4.39 Å². The van der Waals surface area contributed by atoms with Gasteiger partial charge in [0.1, 0.15) is 17.7 Å². The van der Waals surface area contributed by atoms with Crippen molar-refractivity contribution >= 4 is 28.3 Å². The monoisotopic (exact) mass is 486 g/mol. The Hall–Kier alpha value is -2.94. The zero-order chi connectivity index (χ0) is 24.2. The Kier molecular flexibility index (Phi) is 7.50. The summed E-state index contributed by atoms with van der Waals surface area (Å²) in [5.74, 6) is -0.214. The first-order chi connectivity index (χ1) is 16.3. The van der Waals surface area contributed by atoms with Gasteiger partial charge in [-0.1, -0.05) is 23.7 Å². The van der Waals surface area contributed by atoms with Crippen LogP contribution in [-0.4, -0.2) is 54.1 Å². The summed E-state index contributed by atoms with van der Waals surface area (Å²) in [5, 5.41) is 3.64. The van der Waals surface area contributed by atoms with Crippen molar-refractivity contribution in [3.8, 4) is 5.75 Å². The van der Waals surface area contributed by atoms with E-state index in [1.807, 2.05) is 25.1 Å². The third-order valence-electron chi connectivity index (χ3n) is 6.11. The van der Waals surface area contributed by atoms with Gasteiger partial charge in [-0.25, -0.2) is 4.39 Å². The number of aromatic nitrogens is 1. The molecule has 1 amide bonds. The first kappa shape index (κ1) is 24.2. The molecular weight excluding hydrogens is 459 g/mol. The summed E-state index contributed by atoms with van der Waals surface area (Å²) >= 11 is 6.02. The maximum absolute atomic E-state index is 14.1. The Morgan fingerprint density at radius 3 is 2.82 bits per heavy atom. The van der Waals surface area contributed by atoms with E-state index in [0.717, 1.165) is 37.2 Å². The van der Waals surface area contributed by atoms with Crippen molar-refractivity contribution in [2.24, 2.45) is 5.73 Å². The average Bonchev–Trinajstić information content (AvgIpc) is 2.81. The number of fused-ring (bicyclic) bond motifs is 1. The molecule has 7 nitrogen and oxygen atoms in total. The number of nitrogens with zero attached hydrogens (tertiary/aromatic N) is 1. The van der Waals surface area contributed by atoms with Crippen LogP contribution in [0, 0.1) is 12.7 Å². The zero-order valence-electron chi connectivity index (χ0n) is 18.9. The number of H-pyrrole nitrogens is 1. The maximum Gasteiger partial charge on any atom is 0.258 e. The van der Waals surface area contributed by atoms with Crippen LogP contribution >= 0.6 is 11.6 Å². The first-order valence-corrected chi connectivity index (χ1v) is 11.7. The van der Waals surface area contributed by atoms with Crippen molar-refractivity contribution in [2.45, 2.75) is 31.9 Å². The number of aromatic amines is 1. The van der Waals surface area contributed by atoms with Crippen molar-refractivity contribution in [2.75, 3.05) is 26.2 Å². The maximum atomic E-state index is 14.1. The molecule has 2 aromatic carbocycles. The number of nitrogens with one attached hydrogen (secondary N) is 2. The number of piperidine rings is 1. The second-order valence-corrected chi connectivity index (χ2v) is 9.13. The number of benzene rings is 2. The molecule has 1 aliphatic rings. The highest BCUT2D eigenvalue weighted by molar-refractivity contribution is 6.30. The summed E-state index contributed by atoms with van der Waals surface area (Å²) in [7, 11) is 0. The van der Waals surface area contributed by atoms with Gasteiger partial charge in [0.2, 0.25) is 0 Å². The number of ether oxygens (including phenoxy) is 1. The van der Waals surface area contributed by atoms with E-state index in [1.165, 1.54) is 18.3 Å². The number of carbonyl (C=O) groups is 1. The second-order valence-electron chi connectivity index (χ2n) is 8.69. The fraction of sp³-hybridized carbons (Fsp3) is 0.360. The normalized spacial score (nSPS) is 15.9. The van der Waals surface area contributed by atoms with Gasteiger partial charge in [0.25, 0.3) is 11.5 Å². The second kappa shape index (κ2) is 10.5. The van der Waals surface area contributed by atoms with E-state index >= 15 is 0 Å². The lowest BCUT2D eigenvalue weighted by molar-refractivity contribution is 0.0918. The van der Waals surface area contributed by atoms with E-state index in [0.29, 0.717) is 11.6 Å². The Bertz CT molecular complexity index is 1240. The molecule has 0 bridgehead atoms. The molecule has 4 N–H and O–H groups in total. The van der Waals surface area contributed by atoms with Gasteiger partial charge in [-0.05, 0) is 49.6 Å². The number of halogens is 2. The van der Waals surface area contributed by atoms with E-state index in [1.54, 1.807) is 6.07 Å². The topological polar surface area (TPSA) is 100 Å². The smallest absolute Gasteiger partial charge is 0.258 e. The Morgan fingerprint density at radius 2 is 2.09 bits per heavy atom. The number of pyridine rings is 1. The standard InChI is InChI=1S/C25H28ClFN4O3/c1-15-11-16(26)5-6-22(15)34-18-7-9-31(10-8-18)14-17(28)12-29-24(32)20-13-30-25(33)23-19(20)3-2-4-21(23)27/h2-6,11,13,17-18H,7-10,12,14,28H2,1H3,(H,29,32)(H,30,33)/t17-/m1/s1. The molecule has 1 fully saturated rings. The Balaban J connectivity index is 1.26. The van der Waals surface area contributed by atoms with E-state index < -0.39 is 17.3 Å². The fourth-order valence-corrected chi connectivity index (χ4v) is 4.53. The van der Waals surface area contributed by atoms with E-state index in [2.05, 4.69) is 15.2 Å². The molecule has 180 valence electrons. The molecule has 0 aliphatic carbocycles. The van der Waals surface area contributed by atoms with Gasteiger partial charge in [-0.15, -0.1) is 0 Å². The lowest BCUT2D eigenvalue weighted by atomic mass is 10.1. The largest absolute Gasteiger partial charge is 0.490 e. The minimum atomic E-state index is -0.663. The van der Waals surface area contributed by atoms with Gasteiger partial charge in [-0.2, -0.15) is 0 Å².